The van der Waals surface area contributed by atoms with E-state index in [-0.39, 0.29) is 26.4 Å². The molecule has 0 amide bonds. The van der Waals surface area contributed by atoms with E-state index in [4.69, 9.17) is 4.74 Å². The smallest absolute Gasteiger partial charge is 0.126 e. The van der Waals surface area contributed by atoms with Crippen molar-refractivity contribution in [1.82, 2.24) is 0 Å². The average Bonchev–Trinajstić information content (AvgIpc) is 2.05. The molecule has 1 aromatic carbocycles. The SMILES string of the molecule is C1=Cc2ccccc2OC1.P.[Ni]. The first kappa shape index (κ1) is 11.7. The molecule has 68 valence electrons. The number of hydrogen-bond acceptors (Lipinski definition) is 1. The molecule has 1 heterocycles. The molecule has 1 nitrogen and oxygen atoms in total. The maximum absolute atomic E-state index is 5.34. The van der Waals surface area contributed by atoms with Crippen LogP contribution in [0.15, 0.2) is 30.3 Å². The van der Waals surface area contributed by atoms with Gasteiger partial charge in [-0.15, -0.1) is 0 Å². The standard InChI is InChI=1S/C9H8O.Ni.H3P/c1-2-6-9-8(4-1)5-3-7-10-9;;/h1-6H,7H2;;1H3. The number of para-hydroxylation sites is 1. The maximum atomic E-state index is 5.34. The van der Waals surface area contributed by atoms with Gasteiger partial charge in [0.25, 0.3) is 0 Å². The first-order chi connectivity index (χ1) is 4.97. The number of ether oxygens (including phenoxy) is 1. The molecule has 0 aromatic heterocycles. The molecule has 12 heavy (non-hydrogen) atoms. The fraction of sp³-hybridized carbons (Fsp3) is 0.111. The predicted octanol–water partition coefficient (Wildman–Crippen LogP) is 2.15. The third-order valence-electron chi connectivity index (χ3n) is 1.55. The van der Waals surface area contributed by atoms with E-state index in [2.05, 4.69) is 6.08 Å². The topological polar surface area (TPSA) is 9.23 Å². The van der Waals surface area contributed by atoms with Crippen molar-refractivity contribution in [3.63, 3.8) is 0 Å². The molecule has 3 heteroatoms. The largest absolute Gasteiger partial charge is 0.489 e. The van der Waals surface area contributed by atoms with Gasteiger partial charge in [0.05, 0.1) is 0 Å². The molecule has 1 atom stereocenters. The quantitative estimate of drug-likeness (QED) is 0.485. The van der Waals surface area contributed by atoms with Crippen LogP contribution in [0.25, 0.3) is 6.08 Å². The Balaban J connectivity index is 0.000000605. The van der Waals surface area contributed by atoms with Crippen LogP contribution in [0.3, 0.4) is 0 Å². The van der Waals surface area contributed by atoms with Crippen molar-refractivity contribution in [2.45, 2.75) is 0 Å². The Morgan fingerprint density at radius 1 is 1.17 bits per heavy atom. The van der Waals surface area contributed by atoms with Crippen molar-refractivity contribution in [3.8, 4) is 5.75 Å². The first-order valence-corrected chi connectivity index (χ1v) is 3.35. The molecule has 1 aliphatic rings. The van der Waals surface area contributed by atoms with E-state index < -0.39 is 0 Å². The van der Waals surface area contributed by atoms with Crippen LogP contribution in [0, 0.1) is 0 Å². The van der Waals surface area contributed by atoms with Crippen LogP contribution < -0.4 is 4.74 Å². The Labute approximate surface area is 85.7 Å². The summed E-state index contributed by atoms with van der Waals surface area (Å²) < 4.78 is 5.34. The zero-order valence-electron chi connectivity index (χ0n) is 6.60. The van der Waals surface area contributed by atoms with E-state index in [0.717, 1.165) is 5.75 Å². The summed E-state index contributed by atoms with van der Waals surface area (Å²) in [5.74, 6) is 0.991. The molecule has 0 saturated carbocycles. The van der Waals surface area contributed by atoms with Crippen LogP contribution in [0.2, 0.25) is 0 Å². The zero-order valence-corrected chi connectivity index (χ0v) is 9.00. The molecule has 2 rings (SSSR count). The molecule has 0 aliphatic carbocycles. The second-order valence-corrected chi connectivity index (χ2v) is 2.25. The van der Waals surface area contributed by atoms with E-state index >= 15 is 0 Å². The molecule has 0 bridgehead atoms. The molecular formula is C9H11NiOP. The summed E-state index contributed by atoms with van der Waals surface area (Å²) in [4.78, 5) is 0. The summed E-state index contributed by atoms with van der Waals surface area (Å²) in [7, 11) is 0. The Hall–Kier alpha value is -0.316. The van der Waals surface area contributed by atoms with Crippen LogP contribution >= 0.6 is 9.90 Å². The van der Waals surface area contributed by atoms with Crippen molar-refractivity contribution in [2.24, 2.45) is 0 Å². The molecule has 0 radical (unpaired) electrons. The predicted molar refractivity (Wildman–Crippen MR) is 52.1 cm³/mol. The molecule has 0 saturated heterocycles. The first-order valence-electron chi connectivity index (χ1n) is 3.35. The van der Waals surface area contributed by atoms with Gasteiger partial charge in [0.1, 0.15) is 12.4 Å². The molecule has 0 spiro atoms. The number of benzene rings is 1. The summed E-state index contributed by atoms with van der Waals surface area (Å²) in [6.07, 6.45) is 4.10. The van der Waals surface area contributed by atoms with Gasteiger partial charge >= 0.3 is 0 Å². The summed E-state index contributed by atoms with van der Waals surface area (Å²) in [5.41, 5.74) is 1.17. The third kappa shape index (κ3) is 2.33. The summed E-state index contributed by atoms with van der Waals surface area (Å²) in [6, 6.07) is 8.03. The van der Waals surface area contributed by atoms with E-state index in [9.17, 15) is 0 Å². The minimum absolute atomic E-state index is 0. The van der Waals surface area contributed by atoms with Crippen molar-refractivity contribution in [1.29, 1.82) is 0 Å². The average molecular weight is 225 g/mol. The van der Waals surface area contributed by atoms with Gasteiger partial charge in [0.2, 0.25) is 0 Å². The number of fused-ring (bicyclic) bond motifs is 1. The zero-order chi connectivity index (χ0) is 6.81. The normalized spacial score (nSPS) is 11.7. The Morgan fingerprint density at radius 2 is 1.92 bits per heavy atom. The molecular weight excluding hydrogens is 214 g/mol. The van der Waals surface area contributed by atoms with Crippen LogP contribution in [0.5, 0.6) is 5.75 Å². The van der Waals surface area contributed by atoms with Gasteiger partial charge in [-0.1, -0.05) is 24.3 Å². The van der Waals surface area contributed by atoms with E-state index in [1.807, 2.05) is 30.3 Å². The molecule has 1 aliphatic heterocycles. The van der Waals surface area contributed by atoms with Crippen molar-refractivity contribution >= 4 is 16.0 Å². The molecule has 0 N–H and O–H groups in total. The van der Waals surface area contributed by atoms with E-state index in [0.29, 0.717) is 6.61 Å². The number of hydrogen-bond donors (Lipinski definition) is 0. The van der Waals surface area contributed by atoms with Gasteiger partial charge < -0.3 is 4.74 Å². The molecule has 0 fully saturated rings. The van der Waals surface area contributed by atoms with Gasteiger partial charge in [-0.3, -0.25) is 0 Å². The van der Waals surface area contributed by atoms with Crippen molar-refractivity contribution in [2.75, 3.05) is 6.61 Å². The van der Waals surface area contributed by atoms with Crippen molar-refractivity contribution < 1.29 is 21.2 Å². The minimum atomic E-state index is 0. The fourth-order valence-electron chi connectivity index (χ4n) is 1.06. The van der Waals surface area contributed by atoms with Crippen LogP contribution in [0.1, 0.15) is 5.56 Å². The van der Waals surface area contributed by atoms with Crippen LogP contribution in [0.4, 0.5) is 0 Å². The maximum Gasteiger partial charge on any atom is 0.126 e. The monoisotopic (exact) mass is 224 g/mol. The second-order valence-electron chi connectivity index (χ2n) is 2.25. The third-order valence-corrected chi connectivity index (χ3v) is 1.55. The Morgan fingerprint density at radius 3 is 2.67 bits per heavy atom. The minimum Gasteiger partial charge on any atom is -0.489 e. The van der Waals surface area contributed by atoms with Gasteiger partial charge in [0, 0.05) is 22.1 Å². The Kier molecular flexibility index (Phi) is 5.21. The van der Waals surface area contributed by atoms with Crippen molar-refractivity contribution in [3.05, 3.63) is 35.9 Å². The van der Waals surface area contributed by atoms with Crippen LogP contribution in [-0.2, 0) is 16.5 Å². The summed E-state index contributed by atoms with van der Waals surface area (Å²) in [6.45, 7) is 0.705. The molecule has 1 unspecified atom stereocenters. The van der Waals surface area contributed by atoms with Gasteiger partial charge in [-0.05, 0) is 12.1 Å². The van der Waals surface area contributed by atoms with Crippen LogP contribution in [-0.4, -0.2) is 6.61 Å². The van der Waals surface area contributed by atoms with Gasteiger partial charge in [-0.2, -0.15) is 9.90 Å². The molecule has 1 aromatic rings. The summed E-state index contributed by atoms with van der Waals surface area (Å²) in [5, 5.41) is 0. The Bertz CT molecular complexity index is 273. The number of rotatable bonds is 0. The van der Waals surface area contributed by atoms with E-state index in [1.54, 1.807) is 0 Å². The fourth-order valence-corrected chi connectivity index (χ4v) is 1.06. The second kappa shape index (κ2) is 5.35. The van der Waals surface area contributed by atoms with Gasteiger partial charge in [-0.25, -0.2) is 0 Å². The summed E-state index contributed by atoms with van der Waals surface area (Å²) >= 11 is 0. The van der Waals surface area contributed by atoms with E-state index in [1.165, 1.54) is 5.56 Å². The van der Waals surface area contributed by atoms with Gasteiger partial charge in [0.15, 0.2) is 0 Å².